The predicted molar refractivity (Wildman–Crippen MR) is 73.1 cm³/mol. The van der Waals surface area contributed by atoms with E-state index in [1.165, 1.54) is 11.1 Å². The van der Waals surface area contributed by atoms with Crippen LogP contribution in [0.1, 0.15) is 17.2 Å². The number of nitrogens with one attached hydrogen (secondary N) is 1. The van der Waals surface area contributed by atoms with Crippen molar-refractivity contribution in [1.29, 1.82) is 0 Å². The highest BCUT2D eigenvalue weighted by Crippen LogP contribution is 2.25. The molecule has 1 saturated heterocycles. The van der Waals surface area contributed by atoms with Crippen molar-refractivity contribution >= 4 is 15.9 Å². The quantitative estimate of drug-likeness (QED) is 0.892. The summed E-state index contributed by atoms with van der Waals surface area (Å²) >= 11 is 3.56. The molecule has 17 heavy (non-hydrogen) atoms. The van der Waals surface area contributed by atoms with E-state index in [9.17, 15) is 5.11 Å². The molecule has 1 heterocycles. The minimum atomic E-state index is 0.119. The second-order valence-electron chi connectivity index (χ2n) is 4.49. The second kappa shape index (κ2) is 5.96. The van der Waals surface area contributed by atoms with Crippen LogP contribution in [-0.2, 0) is 0 Å². The van der Waals surface area contributed by atoms with Crippen LogP contribution in [0.3, 0.4) is 0 Å². The van der Waals surface area contributed by atoms with Crippen molar-refractivity contribution in [3.05, 3.63) is 33.8 Å². The van der Waals surface area contributed by atoms with Crippen molar-refractivity contribution in [3.63, 3.8) is 0 Å². The molecule has 1 aliphatic heterocycles. The summed E-state index contributed by atoms with van der Waals surface area (Å²) in [5.41, 5.74) is 2.41. The number of aliphatic hydroxyl groups excluding tert-OH is 1. The van der Waals surface area contributed by atoms with Gasteiger partial charge in [-0.1, -0.05) is 28.1 Å². The van der Waals surface area contributed by atoms with Crippen LogP contribution in [0.4, 0.5) is 0 Å². The molecule has 94 valence electrons. The first-order valence-electron chi connectivity index (χ1n) is 6.04. The van der Waals surface area contributed by atoms with Gasteiger partial charge in [0.25, 0.3) is 0 Å². The number of halogens is 1. The number of hydrogen-bond donors (Lipinski definition) is 2. The van der Waals surface area contributed by atoms with Crippen LogP contribution >= 0.6 is 15.9 Å². The molecule has 0 radical (unpaired) electrons. The molecule has 1 aromatic carbocycles. The highest BCUT2D eigenvalue weighted by molar-refractivity contribution is 9.10. The van der Waals surface area contributed by atoms with Crippen LogP contribution in [0.15, 0.2) is 22.7 Å². The molecule has 1 aromatic rings. The Morgan fingerprint density at radius 2 is 2.12 bits per heavy atom. The Balaban J connectivity index is 2.18. The molecule has 4 heteroatoms. The molecular weight excluding hydrogens is 280 g/mol. The molecule has 1 atom stereocenters. The van der Waals surface area contributed by atoms with E-state index in [-0.39, 0.29) is 12.6 Å². The normalized spacial score (nSPS) is 19.2. The minimum Gasteiger partial charge on any atom is -0.394 e. The first-order chi connectivity index (χ1) is 8.22. The van der Waals surface area contributed by atoms with E-state index in [4.69, 9.17) is 0 Å². The number of aliphatic hydroxyl groups is 1. The third-order valence-corrected chi connectivity index (χ3v) is 4.20. The smallest absolute Gasteiger partial charge is 0.0628 e. The summed E-state index contributed by atoms with van der Waals surface area (Å²) in [4.78, 5) is 2.34. The average molecular weight is 299 g/mol. The molecule has 1 fully saturated rings. The summed E-state index contributed by atoms with van der Waals surface area (Å²) in [6, 6.07) is 6.46. The lowest BCUT2D eigenvalue weighted by molar-refractivity contribution is 0.111. The largest absolute Gasteiger partial charge is 0.394 e. The Morgan fingerprint density at radius 1 is 1.41 bits per heavy atom. The van der Waals surface area contributed by atoms with Gasteiger partial charge in [0.2, 0.25) is 0 Å². The highest BCUT2D eigenvalue weighted by atomic mass is 79.9. The second-order valence-corrected chi connectivity index (χ2v) is 5.35. The number of hydrogen-bond acceptors (Lipinski definition) is 3. The SMILES string of the molecule is Cc1ccc(C(CO)N2CCNCC2)cc1Br. The lowest BCUT2D eigenvalue weighted by Crippen LogP contribution is -2.46. The first kappa shape index (κ1) is 13.0. The lowest BCUT2D eigenvalue weighted by Gasteiger charge is -2.34. The molecule has 0 aromatic heterocycles. The fourth-order valence-corrected chi connectivity index (χ4v) is 2.64. The molecule has 2 N–H and O–H groups in total. The van der Waals surface area contributed by atoms with Crippen LogP contribution in [0.2, 0.25) is 0 Å². The van der Waals surface area contributed by atoms with E-state index >= 15 is 0 Å². The van der Waals surface area contributed by atoms with Gasteiger partial charge in [0, 0.05) is 30.7 Å². The van der Waals surface area contributed by atoms with E-state index in [1.807, 2.05) is 0 Å². The van der Waals surface area contributed by atoms with Crippen molar-refractivity contribution in [3.8, 4) is 0 Å². The van der Waals surface area contributed by atoms with Gasteiger partial charge in [-0.3, -0.25) is 4.90 Å². The van der Waals surface area contributed by atoms with E-state index in [0.29, 0.717) is 0 Å². The Bertz CT molecular complexity index is 378. The summed E-state index contributed by atoms with van der Waals surface area (Å²) in [6.45, 7) is 6.25. The molecule has 3 nitrogen and oxygen atoms in total. The average Bonchev–Trinajstić information content (AvgIpc) is 2.36. The third-order valence-electron chi connectivity index (χ3n) is 3.35. The molecular formula is C13H19BrN2O. The summed E-state index contributed by atoms with van der Waals surface area (Å²) in [5, 5.41) is 12.9. The maximum absolute atomic E-state index is 9.61. The molecule has 0 amide bonds. The van der Waals surface area contributed by atoms with Gasteiger partial charge in [0.15, 0.2) is 0 Å². The standard InChI is InChI=1S/C13H19BrN2O/c1-10-2-3-11(8-12(10)14)13(9-17)16-6-4-15-5-7-16/h2-3,8,13,15,17H,4-7,9H2,1H3. The van der Waals surface area contributed by atoms with Gasteiger partial charge >= 0.3 is 0 Å². The van der Waals surface area contributed by atoms with Gasteiger partial charge in [-0.05, 0) is 24.1 Å². The molecule has 1 aliphatic rings. The van der Waals surface area contributed by atoms with Gasteiger partial charge in [-0.25, -0.2) is 0 Å². The molecule has 0 bridgehead atoms. The van der Waals surface area contributed by atoms with Crippen LogP contribution in [0, 0.1) is 6.92 Å². The van der Waals surface area contributed by atoms with Crippen LogP contribution in [0.5, 0.6) is 0 Å². The number of nitrogens with zero attached hydrogens (tertiary/aromatic N) is 1. The molecule has 0 spiro atoms. The zero-order valence-electron chi connectivity index (χ0n) is 10.1. The fraction of sp³-hybridized carbons (Fsp3) is 0.538. The van der Waals surface area contributed by atoms with Crippen molar-refractivity contribution in [1.82, 2.24) is 10.2 Å². The van der Waals surface area contributed by atoms with E-state index in [2.05, 4.69) is 51.3 Å². The van der Waals surface area contributed by atoms with Crippen molar-refractivity contribution in [2.45, 2.75) is 13.0 Å². The van der Waals surface area contributed by atoms with Crippen LogP contribution < -0.4 is 5.32 Å². The van der Waals surface area contributed by atoms with E-state index in [1.54, 1.807) is 0 Å². The molecule has 2 rings (SSSR count). The van der Waals surface area contributed by atoms with E-state index < -0.39 is 0 Å². The Kier molecular flexibility index (Phi) is 4.56. The van der Waals surface area contributed by atoms with Crippen molar-refractivity contribution < 1.29 is 5.11 Å². The van der Waals surface area contributed by atoms with Gasteiger partial charge in [0.1, 0.15) is 0 Å². The number of piperazine rings is 1. The molecule has 1 unspecified atom stereocenters. The minimum absolute atomic E-state index is 0.119. The third kappa shape index (κ3) is 3.07. The number of rotatable bonds is 3. The maximum Gasteiger partial charge on any atom is 0.0628 e. The molecule has 0 aliphatic carbocycles. The Morgan fingerprint density at radius 3 is 2.71 bits per heavy atom. The monoisotopic (exact) mass is 298 g/mol. The van der Waals surface area contributed by atoms with E-state index in [0.717, 1.165) is 30.7 Å². The predicted octanol–water partition coefficient (Wildman–Crippen LogP) is 1.70. The van der Waals surface area contributed by atoms with Crippen LogP contribution in [0.25, 0.3) is 0 Å². The number of aryl methyl sites for hydroxylation is 1. The zero-order valence-corrected chi connectivity index (χ0v) is 11.7. The maximum atomic E-state index is 9.61. The number of benzene rings is 1. The topological polar surface area (TPSA) is 35.5 Å². The Hall–Kier alpha value is -0.420. The van der Waals surface area contributed by atoms with Crippen molar-refractivity contribution in [2.75, 3.05) is 32.8 Å². The zero-order chi connectivity index (χ0) is 12.3. The van der Waals surface area contributed by atoms with Crippen LogP contribution in [-0.4, -0.2) is 42.8 Å². The molecule has 0 saturated carbocycles. The van der Waals surface area contributed by atoms with Gasteiger partial charge in [-0.2, -0.15) is 0 Å². The van der Waals surface area contributed by atoms with Crippen molar-refractivity contribution in [2.24, 2.45) is 0 Å². The Labute approximate surface area is 111 Å². The summed E-state index contributed by atoms with van der Waals surface area (Å²) in [7, 11) is 0. The highest BCUT2D eigenvalue weighted by Gasteiger charge is 2.21. The van der Waals surface area contributed by atoms with Gasteiger partial charge in [0.05, 0.1) is 12.6 Å². The first-order valence-corrected chi connectivity index (χ1v) is 6.83. The van der Waals surface area contributed by atoms with Gasteiger partial charge < -0.3 is 10.4 Å². The summed E-state index contributed by atoms with van der Waals surface area (Å²) < 4.78 is 1.11. The van der Waals surface area contributed by atoms with Gasteiger partial charge in [-0.15, -0.1) is 0 Å². The fourth-order valence-electron chi connectivity index (χ4n) is 2.24. The summed E-state index contributed by atoms with van der Waals surface area (Å²) in [5.74, 6) is 0. The lowest BCUT2D eigenvalue weighted by atomic mass is 10.0. The summed E-state index contributed by atoms with van der Waals surface area (Å²) in [6.07, 6.45) is 0.